The standard InChI is InChI=1S/C31H47NO4Si/c1-7-8-9-10-11-12-19-28(33)21-20-26-17-14-18-27(32-26)23-29(36-37(5,6)31(2,3)4)24-15-13-16-25(22-24)30(34)35/h13-18,20-22,28-29,33H,7-12,19,23H2,1-6H3,(H,34,35). The Hall–Kier alpha value is -2.28. The molecule has 1 aromatic carbocycles. The fourth-order valence-electron chi connectivity index (χ4n) is 3.97. The molecule has 2 atom stereocenters. The van der Waals surface area contributed by atoms with Crippen molar-refractivity contribution in [1.29, 1.82) is 0 Å². The first-order chi connectivity index (χ1) is 17.4. The second-order valence-electron chi connectivity index (χ2n) is 11.5. The molecule has 2 unspecified atom stereocenters. The molecule has 204 valence electrons. The van der Waals surface area contributed by atoms with Gasteiger partial charge in [0.15, 0.2) is 8.32 Å². The molecular weight excluding hydrogens is 478 g/mol. The Labute approximate surface area is 225 Å². The molecule has 2 aromatic rings. The van der Waals surface area contributed by atoms with E-state index in [1.165, 1.54) is 25.7 Å². The van der Waals surface area contributed by atoms with Gasteiger partial charge in [0.2, 0.25) is 0 Å². The molecule has 6 heteroatoms. The van der Waals surface area contributed by atoms with Crippen LogP contribution < -0.4 is 0 Å². The van der Waals surface area contributed by atoms with Crippen LogP contribution in [0.3, 0.4) is 0 Å². The number of aromatic nitrogens is 1. The van der Waals surface area contributed by atoms with E-state index in [1.54, 1.807) is 18.2 Å². The van der Waals surface area contributed by atoms with Gasteiger partial charge in [-0.15, -0.1) is 0 Å². The number of benzene rings is 1. The van der Waals surface area contributed by atoms with Crippen LogP contribution in [0.1, 0.15) is 106 Å². The minimum Gasteiger partial charge on any atom is -0.478 e. The van der Waals surface area contributed by atoms with E-state index in [1.807, 2.05) is 36.4 Å². The fourth-order valence-corrected chi connectivity index (χ4v) is 5.25. The van der Waals surface area contributed by atoms with Gasteiger partial charge in [-0.3, -0.25) is 4.98 Å². The normalized spacial score (nSPS) is 14.1. The molecule has 0 radical (unpaired) electrons. The highest BCUT2D eigenvalue weighted by molar-refractivity contribution is 6.74. The van der Waals surface area contributed by atoms with Crippen molar-refractivity contribution in [2.75, 3.05) is 0 Å². The lowest BCUT2D eigenvalue weighted by Crippen LogP contribution is -2.42. The van der Waals surface area contributed by atoms with Crippen LogP contribution in [0, 0.1) is 0 Å². The van der Waals surface area contributed by atoms with E-state index in [-0.39, 0.29) is 16.7 Å². The molecule has 2 N–H and O–H groups in total. The number of aliphatic hydroxyl groups excluding tert-OH is 1. The number of hydrogen-bond acceptors (Lipinski definition) is 4. The zero-order chi connectivity index (χ0) is 27.5. The van der Waals surface area contributed by atoms with Gasteiger partial charge in [-0.1, -0.05) is 90.5 Å². The number of unbranched alkanes of at least 4 members (excludes halogenated alkanes) is 5. The third kappa shape index (κ3) is 10.5. The minimum absolute atomic E-state index is 0.0137. The number of rotatable bonds is 15. The van der Waals surface area contributed by atoms with Gasteiger partial charge in [0.05, 0.1) is 23.5 Å². The molecule has 37 heavy (non-hydrogen) atoms. The first-order valence-electron chi connectivity index (χ1n) is 13.8. The summed E-state index contributed by atoms with van der Waals surface area (Å²) >= 11 is 0. The van der Waals surface area contributed by atoms with Crippen molar-refractivity contribution in [3.05, 3.63) is 71.1 Å². The van der Waals surface area contributed by atoms with Gasteiger partial charge >= 0.3 is 5.97 Å². The Morgan fingerprint density at radius 2 is 1.73 bits per heavy atom. The van der Waals surface area contributed by atoms with Crippen molar-refractivity contribution < 1.29 is 19.4 Å². The van der Waals surface area contributed by atoms with Crippen molar-refractivity contribution in [3.8, 4) is 0 Å². The summed E-state index contributed by atoms with van der Waals surface area (Å²) in [4.78, 5) is 16.4. The molecule has 0 aliphatic rings. The maximum absolute atomic E-state index is 11.6. The zero-order valence-electron chi connectivity index (χ0n) is 23.7. The summed E-state index contributed by atoms with van der Waals surface area (Å²) in [6.07, 6.45) is 11.5. The zero-order valence-corrected chi connectivity index (χ0v) is 24.7. The molecule has 0 spiro atoms. The smallest absolute Gasteiger partial charge is 0.335 e. The number of aliphatic hydroxyl groups is 1. The third-order valence-corrected chi connectivity index (χ3v) is 11.8. The predicted octanol–water partition coefficient (Wildman–Crippen LogP) is 8.21. The van der Waals surface area contributed by atoms with E-state index in [2.05, 4.69) is 40.8 Å². The molecular formula is C31H47NO4Si. The lowest BCUT2D eigenvalue weighted by Gasteiger charge is -2.39. The highest BCUT2D eigenvalue weighted by Gasteiger charge is 2.39. The van der Waals surface area contributed by atoms with Gasteiger partial charge in [-0.2, -0.15) is 0 Å². The molecule has 5 nitrogen and oxygen atoms in total. The van der Waals surface area contributed by atoms with Gasteiger partial charge in [0.1, 0.15) is 0 Å². The maximum atomic E-state index is 11.6. The molecule has 0 saturated heterocycles. The van der Waals surface area contributed by atoms with Gasteiger partial charge in [0.25, 0.3) is 0 Å². The van der Waals surface area contributed by atoms with Crippen molar-refractivity contribution in [2.45, 2.75) is 109 Å². The molecule has 0 amide bonds. The summed E-state index contributed by atoms with van der Waals surface area (Å²) in [5.41, 5.74) is 2.77. The minimum atomic E-state index is -2.14. The van der Waals surface area contributed by atoms with Crippen LogP contribution in [-0.2, 0) is 10.8 Å². The quantitative estimate of drug-likeness (QED) is 0.181. The Bertz CT molecular complexity index is 1010. The Morgan fingerprint density at radius 1 is 1.05 bits per heavy atom. The first-order valence-corrected chi connectivity index (χ1v) is 16.7. The fraction of sp³-hybridized carbons (Fsp3) is 0.548. The van der Waals surface area contributed by atoms with Crippen LogP contribution in [-0.4, -0.2) is 35.6 Å². The summed E-state index contributed by atoms with van der Waals surface area (Å²) in [6.45, 7) is 13.2. The van der Waals surface area contributed by atoms with Crippen LogP contribution in [0.15, 0.2) is 48.5 Å². The number of carboxylic acids is 1. The SMILES string of the molecule is CCCCCCCCC(O)C=Cc1cccc(CC(O[Si](C)(C)C(C)(C)C)c2cccc(C(=O)O)c2)n1. The number of pyridine rings is 1. The Balaban J connectivity index is 2.15. The number of aromatic carboxylic acids is 1. The maximum Gasteiger partial charge on any atom is 0.335 e. The monoisotopic (exact) mass is 525 g/mol. The van der Waals surface area contributed by atoms with E-state index in [0.717, 1.165) is 36.2 Å². The van der Waals surface area contributed by atoms with E-state index < -0.39 is 20.4 Å². The molecule has 0 bridgehead atoms. The topological polar surface area (TPSA) is 79.7 Å². The summed E-state index contributed by atoms with van der Waals surface area (Å²) in [5, 5.41) is 19.9. The van der Waals surface area contributed by atoms with Crippen LogP contribution >= 0.6 is 0 Å². The van der Waals surface area contributed by atoms with E-state index in [4.69, 9.17) is 9.41 Å². The first kappa shape index (κ1) is 30.9. The van der Waals surface area contributed by atoms with Gasteiger partial charge in [-0.25, -0.2) is 4.79 Å². The van der Waals surface area contributed by atoms with Crippen molar-refractivity contribution in [3.63, 3.8) is 0 Å². The van der Waals surface area contributed by atoms with Crippen LogP contribution in [0.2, 0.25) is 18.1 Å². The molecule has 0 aliphatic carbocycles. The van der Waals surface area contributed by atoms with Crippen LogP contribution in [0.4, 0.5) is 0 Å². The summed E-state index contributed by atoms with van der Waals surface area (Å²) in [5.74, 6) is -0.947. The van der Waals surface area contributed by atoms with E-state index in [0.29, 0.717) is 6.42 Å². The number of nitrogens with zero attached hydrogens (tertiary/aromatic N) is 1. The van der Waals surface area contributed by atoms with Crippen molar-refractivity contribution in [1.82, 2.24) is 4.98 Å². The average Bonchev–Trinajstić information content (AvgIpc) is 2.84. The van der Waals surface area contributed by atoms with Gasteiger partial charge in [0, 0.05) is 12.1 Å². The average molecular weight is 526 g/mol. The van der Waals surface area contributed by atoms with Crippen LogP contribution in [0.25, 0.3) is 6.08 Å². The summed E-state index contributed by atoms with van der Waals surface area (Å²) in [6, 6.07) is 12.9. The highest BCUT2D eigenvalue weighted by atomic mass is 28.4. The van der Waals surface area contributed by atoms with Gasteiger partial charge in [-0.05, 0) is 60.5 Å². The largest absolute Gasteiger partial charge is 0.478 e. The van der Waals surface area contributed by atoms with Gasteiger partial charge < -0.3 is 14.6 Å². The molecule has 1 aromatic heterocycles. The second kappa shape index (κ2) is 14.6. The third-order valence-electron chi connectivity index (χ3n) is 7.31. The number of carbonyl (C=O) groups is 1. The van der Waals surface area contributed by atoms with Crippen LogP contribution in [0.5, 0.6) is 0 Å². The summed E-state index contributed by atoms with van der Waals surface area (Å²) < 4.78 is 6.79. The van der Waals surface area contributed by atoms with E-state index >= 15 is 0 Å². The Kier molecular flexibility index (Phi) is 12.2. The molecule has 1 heterocycles. The lowest BCUT2D eigenvalue weighted by molar-refractivity contribution is 0.0696. The molecule has 0 saturated carbocycles. The molecule has 0 aliphatic heterocycles. The van der Waals surface area contributed by atoms with Crippen molar-refractivity contribution >= 4 is 20.4 Å². The van der Waals surface area contributed by atoms with E-state index in [9.17, 15) is 15.0 Å². The second-order valence-corrected chi connectivity index (χ2v) is 16.3. The van der Waals surface area contributed by atoms with Crippen molar-refractivity contribution in [2.24, 2.45) is 0 Å². The predicted molar refractivity (Wildman–Crippen MR) is 155 cm³/mol. The molecule has 2 rings (SSSR count). The number of hydrogen-bond donors (Lipinski definition) is 2. The summed E-state index contributed by atoms with van der Waals surface area (Å²) in [7, 11) is -2.14. The highest BCUT2D eigenvalue weighted by Crippen LogP contribution is 2.40. The Morgan fingerprint density at radius 3 is 2.41 bits per heavy atom. The lowest BCUT2D eigenvalue weighted by atomic mass is 10.0. The number of carboxylic acid groups (broad SMARTS) is 1. The molecule has 0 fully saturated rings.